The maximum absolute atomic E-state index is 12.0. The van der Waals surface area contributed by atoms with Crippen LogP contribution in [0.2, 0.25) is 0 Å². The number of para-hydroxylation sites is 1. The van der Waals surface area contributed by atoms with Crippen LogP contribution in [0.3, 0.4) is 0 Å². The number of hydrogen-bond donors (Lipinski definition) is 3. The van der Waals surface area contributed by atoms with Gasteiger partial charge in [-0.2, -0.15) is 0 Å². The lowest BCUT2D eigenvalue weighted by atomic mass is 10.3. The molecule has 1 aromatic heterocycles. The molecule has 1 aromatic carbocycles. The Morgan fingerprint density at radius 1 is 1.04 bits per heavy atom. The number of urea groups is 1. The van der Waals surface area contributed by atoms with Crippen LogP contribution >= 0.6 is 11.8 Å². The summed E-state index contributed by atoms with van der Waals surface area (Å²) in [6.07, 6.45) is 3.29. The molecule has 6 nitrogen and oxygen atoms in total. The molecule has 1 heterocycles. The molecule has 0 spiro atoms. The summed E-state index contributed by atoms with van der Waals surface area (Å²) in [6.45, 7) is 0. The molecule has 0 unspecified atom stereocenters. The van der Waals surface area contributed by atoms with Gasteiger partial charge in [0.1, 0.15) is 0 Å². The average Bonchev–Trinajstić information content (AvgIpc) is 2.55. The summed E-state index contributed by atoms with van der Waals surface area (Å²) in [5, 5.41) is 14.9. The van der Waals surface area contributed by atoms with Crippen LogP contribution in [0.25, 0.3) is 0 Å². The number of hydrogen-bond acceptors (Lipinski definition) is 4. The van der Waals surface area contributed by atoms with Crippen molar-refractivity contribution in [1.82, 2.24) is 4.98 Å². The molecule has 7 heteroatoms. The summed E-state index contributed by atoms with van der Waals surface area (Å²) in [7, 11) is 0. The van der Waals surface area contributed by atoms with E-state index < -0.39 is 5.97 Å². The van der Waals surface area contributed by atoms with Crippen molar-refractivity contribution in [2.45, 2.75) is 24.3 Å². The summed E-state index contributed by atoms with van der Waals surface area (Å²) in [5.41, 5.74) is 1.38. The lowest BCUT2D eigenvalue weighted by molar-refractivity contribution is -0.137. The number of carbonyl (C=O) groups is 2. The third kappa shape index (κ3) is 6.70. The predicted octanol–water partition coefficient (Wildman–Crippen LogP) is 4.07. The number of pyridine rings is 1. The molecular formula is C17H19N3O3S. The molecule has 24 heavy (non-hydrogen) atoms. The van der Waals surface area contributed by atoms with E-state index in [-0.39, 0.29) is 12.5 Å². The molecule has 0 fully saturated rings. The van der Waals surface area contributed by atoms with E-state index in [9.17, 15) is 9.59 Å². The summed E-state index contributed by atoms with van der Waals surface area (Å²) in [6, 6.07) is 12.4. The van der Waals surface area contributed by atoms with Gasteiger partial charge in [0.05, 0.1) is 5.03 Å². The molecule has 0 saturated heterocycles. The van der Waals surface area contributed by atoms with Gasteiger partial charge in [0.25, 0.3) is 0 Å². The van der Waals surface area contributed by atoms with E-state index in [1.165, 1.54) is 0 Å². The van der Waals surface area contributed by atoms with Crippen LogP contribution in [-0.4, -0.2) is 27.8 Å². The van der Waals surface area contributed by atoms with Crippen molar-refractivity contribution in [3.05, 3.63) is 48.7 Å². The maximum atomic E-state index is 12.0. The van der Waals surface area contributed by atoms with Gasteiger partial charge in [-0.15, -0.1) is 11.8 Å². The first kappa shape index (κ1) is 17.8. The van der Waals surface area contributed by atoms with Gasteiger partial charge in [-0.1, -0.05) is 18.2 Å². The van der Waals surface area contributed by atoms with Crippen molar-refractivity contribution < 1.29 is 14.7 Å². The third-order valence-corrected chi connectivity index (χ3v) is 4.07. The zero-order chi connectivity index (χ0) is 17.2. The van der Waals surface area contributed by atoms with Gasteiger partial charge in [0, 0.05) is 24.0 Å². The zero-order valence-electron chi connectivity index (χ0n) is 13.1. The summed E-state index contributed by atoms with van der Waals surface area (Å²) in [4.78, 5) is 26.6. The van der Waals surface area contributed by atoms with Crippen molar-refractivity contribution in [2.75, 3.05) is 16.4 Å². The Morgan fingerprint density at radius 2 is 1.79 bits per heavy atom. The number of aromatic nitrogens is 1. The molecule has 0 saturated carbocycles. The Hall–Kier alpha value is -2.54. The first-order valence-corrected chi connectivity index (χ1v) is 8.56. The van der Waals surface area contributed by atoms with E-state index in [0.717, 1.165) is 22.9 Å². The molecular weight excluding hydrogens is 326 g/mol. The number of unbranched alkanes of at least 4 members (excludes halogenated alkanes) is 1. The van der Waals surface area contributed by atoms with Crippen LogP contribution in [0.5, 0.6) is 0 Å². The number of thioether (sulfide) groups is 1. The van der Waals surface area contributed by atoms with Gasteiger partial charge in [-0.25, -0.2) is 9.78 Å². The number of nitrogens with one attached hydrogen (secondary N) is 2. The molecule has 3 N–H and O–H groups in total. The molecule has 0 aliphatic carbocycles. The van der Waals surface area contributed by atoms with Crippen molar-refractivity contribution in [3.8, 4) is 0 Å². The highest BCUT2D eigenvalue weighted by molar-refractivity contribution is 7.99. The first-order chi connectivity index (χ1) is 11.6. The van der Waals surface area contributed by atoms with Gasteiger partial charge < -0.3 is 15.7 Å². The molecule has 2 rings (SSSR count). The molecule has 0 aliphatic rings. The number of nitrogens with zero attached hydrogens (tertiary/aromatic N) is 1. The largest absolute Gasteiger partial charge is 0.481 e. The first-order valence-electron chi connectivity index (χ1n) is 7.57. The van der Waals surface area contributed by atoms with Crippen LogP contribution in [0, 0.1) is 0 Å². The fraction of sp³-hybridized carbons (Fsp3) is 0.235. The monoisotopic (exact) mass is 345 g/mol. The van der Waals surface area contributed by atoms with Gasteiger partial charge in [-0.3, -0.25) is 4.79 Å². The number of carboxylic acid groups (broad SMARTS) is 1. The average molecular weight is 345 g/mol. The van der Waals surface area contributed by atoms with Gasteiger partial charge in [0.2, 0.25) is 0 Å². The Morgan fingerprint density at radius 3 is 2.54 bits per heavy atom. The van der Waals surface area contributed by atoms with E-state index in [0.29, 0.717) is 12.1 Å². The highest BCUT2D eigenvalue weighted by atomic mass is 32.2. The minimum atomic E-state index is -0.770. The van der Waals surface area contributed by atoms with Crippen molar-refractivity contribution in [1.29, 1.82) is 0 Å². The smallest absolute Gasteiger partial charge is 0.323 e. The number of carbonyl (C=O) groups excluding carboxylic acids is 1. The zero-order valence-corrected chi connectivity index (χ0v) is 13.9. The summed E-state index contributed by atoms with van der Waals surface area (Å²) in [5.74, 6) is 0.0219. The van der Waals surface area contributed by atoms with Crippen LogP contribution in [0.15, 0.2) is 53.7 Å². The molecule has 0 atom stereocenters. The molecule has 0 aliphatic heterocycles. The standard InChI is InChI=1S/C17H19N3O3S/c21-16(22)8-4-5-11-24-15-12-14(9-10-18-15)20-17(23)19-13-6-2-1-3-7-13/h1-3,6-7,9-10,12H,4-5,8,11H2,(H,21,22)(H2,18,19,20,23). The Balaban J connectivity index is 1.79. The van der Waals surface area contributed by atoms with Gasteiger partial charge in [0.15, 0.2) is 0 Å². The maximum Gasteiger partial charge on any atom is 0.323 e. The Bertz CT molecular complexity index is 680. The predicted molar refractivity (Wildman–Crippen MR) is 95.5 cm³/mol. The van der Waals surface area contributed by atoms with Crippen LogP contribution < -0.4 is 10.6 Å². The number of aliphatic carboxylic acids is 1. The molecule has 126 valence electrons. The van der Waals surface area contributed by atoms with Gasteiger partial charge in [-0.05, 0) is 42.9 Å². The second kappa shape index (κ2) is 9.57. The molecule has 2 amide bonds. The minimum absolute atomic E-state index is 0.190. The summed E-state index contributed by atoms with van der Waals surface area (Å²) < 4.78 is 0. The number of amides is 2. The van der Waals surface area contributed by atoms with Crippen molar-refractivity contribution in [3.63, 3.8) is 0 Å². The number of benzene rings is 1. The number of anilines is 2. The van der Waals surface area contributed by atoms with Crippen LogP contribution in [0.4, 0.5) is 16.2 Å². The normalized spacial score (nSPS) is 10.2. The Kier molecular flexibility index (Phi) is 7.10. The fourth-order valence-electron chi connectivity index (χ4n) is 1.94. The van der Waals surface area contributed by atoms with E-state index >= 15 is 0 Å². The van der Waals surface area contributed by atoms with Crippen LogP contribution in [-0.2, 0) is 4.79 Å². The third-order valence-electron chi connectivity index (χ3n) is 3.06. The molecule has 0 bridgehead atoms. The lowest BCUT2D eigenvalue weighted by Gasteiger charge is -2.08. The lowest BCUT2D eigenvalue weighted by Crippen LogP contribution is -2.19. The summed E-state index contributed by atoms with van der Waals surface area (Å²) >= 11 is 1.54. The SMILES string of the molecule is O=C(O)CCCCSc1cc(NC(=O)Nc2ccccc2)ccn1. The highest BCUT2D eigenvalue weighted by Crippen LogP contribution is 2.20. The van der Waals surface area contributed by atoms with E-state index in [2.05, 4.69) is 15.6 Å². The second-order valence-electron chi connectivity index (χ2n) is 5.03. The van der Waals surface area contributed by atoms with Crippen molar-refractivity contribution in [2.24, 2.45) is 0 Å². The number of carboxylic acids is 1. The minimum Gasteiger partial charge on any atom is -0.481 e. The van der Waals surface area contributed by atoms with E-state index in [1.54, 1.807) is 30.1 Å². The highest BCUT2D eigenvalue weighted by Gasteiger charge is 2.04. The second-order valence-corrected chi connectivity index (χ2v) is 6.14. The van der Waals surface area contributed by atoms with E-state index in [4.69, 9.17) is 5.11 Å². The van der Waals surface area contributed by atoms with E-state index in [1.807, 2.05) is 30.3 Å². The Labute approximate surface area is 144 Å². The fourth-order valence-corrected chi connectivity index (χ4v) is 2.84. The molecule has 0 radical (unpaired) electrons. The number of rotatable bonds is 8. The quantitative estimate of drug-likeness (QED) is 0.495. The molecule has 2 aromatic rings. The van der Waals surface area contributed by atoms with Crippen LogP contribution in [0.1, 0.15) is 19.3 Å². The topological polar surface area (TPSA) is 91.3 Å². The van der Waals surface area contributed by atoms with Gasteiger partial charge >= 0.3 is 12.0 Å². The van der Waals surface area contributed by atoms with Crippen molar-refractivity contribution >= 4 is 35.1 Å².